The second kappa shape index (κ2) is 4.77. The molecule has 0 aromatic carbocycles. The number of halogens is 2. The zero-order valence-electron chi connectivity index (χ0n) is 9.08. The van der Waals surface area contributed by atoms with Gasteiger partial charge in [-0.05, 0) is 12.1 Å². The number of hydrogen-bond donors (Lipinski definition) is 0. The van der Waals surface area contributed by atoms with Crippen LogP contribution in [0.5, 0.6) is 0 Å². The van der Waals surface area contributed by atoms with Crippen LogP contribution in [0.4, 0.5) is 9.70 Å². The van der Waals surface area contributed by atoms with Crippen molar-refractivity contribution in [2.45, 2.75) is 6.42 Å². The van der Waals surface area contributed by atoms with Crippen molar-refractivity contribution < 1.29 is 17.1 Å². The van der Waals surface area contributed by atoms with Gasteiger partial charge < -0.3 is 0 Å². The highest BCUT2D eigenvalue weighted by Crippen LogP contribution is 2.24. The standard InChI is InChI=1S/C9H9ClFN3O3S/c10-7-1-2-8(13-12-7)14-4-6(3-9(14)15)5-18(11,16)17/h1-2,6H,3-5H2. The van der Waals surface area contributed by atoms with Crippen LogP contribution in [0.3, 0.4) is 0 Å². The molecule has 0 bridgehead atoms. The van der Waals surface area contributed by atoms with Crippen LogP contribution in [0.15, 0.2) is 12.1 Å². The fraction of sp³-hybridized carbons (Fsp3) is 0.444. The van der Waals surface area contributed by atoms with Gasteiger partial charge in [-0.2, -0.15) is 8.42 Å². The Labute approximate surface area is 108 Å². The molecule has 0 saturated carbocycles. The van der Waals surface area contributed by atoms with E-state index in [0.29, 0.717) is 0 Å². The Balaban J connectivity index is 2.12. The monoisotopic (exact) mass is 293 g/mol. The molecule has 0 radical (unpaired) electrons. The third kappa shape index (κ3) is 3.14. The summed E-state index contributed by atoms with van der Waals surface area (Å²) in [6, 6.07) is 2.97. The molecule has 9 heteroatoms. The molecule has 1 amide bonds. The molecule has 1 aromatic rings. The predicted molar refractivity (Wildman–Crippen MR) is 62.4 cm³/mol. The topological polar surface area (TPSA) is 80.2 Å². The first-order valence-electron chi connectivity index (χ1n) is 5.07. The Morgan fingerprint density at radius 1 is 1.44 bits per heavy atom. The van der Waals surface area contributed by atoms with E-state index in [9.17, 15) is 17.1 Å². The molecule has 0 N–H and O–H groups in total. The van der Waals surface area contributed by atoms with Gasteiger partial charge in [-0.3, -0.25) is 9.69 Å². The first-order chi connectivity index (χ1) is 8.35. The molecule has 18 heavy (non-hydrogen) atoms. The Morgan fingerprint density at radius 2 is 2.17 bits per heavy atom. The molecule has 2 rings (SSSR count). The molecule has 1 aliphatic rings. The summed E-state index contributed by atoms with van der Waals surface area (Å²) >= 11 is 5.56. The van der Waals surface area contributed by atoms with Crippen molar-refractivity contribution in [3.8, 4) is 0 Å². The summed E-state index contributed by atoms with van der Waals surface area (Å²) in [5.74, 6) is -1.25. The lowest BCUT2D eigenvalue weighted by atomic mass is 10.1. The van der Waals surface area contributed by atoms with Crippen molar-refractivity contribution in [1.82, 2.24) is 10.2 Å². The van der Waals surface area contributed by atoms with Crippen molar-refractivity contribution in [2.75, 3.05) is 17.2 Å². The summed E-state index contributed by atoms with van der Waals surface area (Å²) in [5, 5.41) is 7.50. The van der Waals surface area contributed by atoms with E-state index in [1.54, 1.807) is 0 Å². The Bertz CT molecular complexity index is 563. The van der Waals surface area contributed by atoms with Gasteiger partial charge in [0, 0.05) is 18.9 Å². The fourth-order valence-electron chi connectivity index (χ4n) is 1.85. The quantitative estimate of drug-likeness (QED) is 0.770. The summed E-state index contributed by atoms with van der Waals surface area (Å²) in [4.78, 5) is 12.9. The summed E-state index contributed by atoms with van der Waals surface area (Å²) < 4.78 is 33.6. The molecule has 1 saturated heterocycles. The maximum Gasteiger partial charge on any atom is 0.302 e. The van der Waals surface area contributed by atoms with E-state index in [0.717, 1.165) is 0 Å². The van der Waals surface area contributed by atoms with E-state index < -0.39 is 21.9 Å². The highest BCUT2D eigenvalue weighted by Gasteiger charge is 2.34. The SMILES string of the molecule is O=C1CC(CS(=O)(=O)F)CN1c1ccc(Cl)nn1. The molecule has 1 aliphatic heterocycles. The average Bonchev–Trinajstić information content (AvgIpc) is 2.58. The number of rotatable bonds is 3. The number of anilines is 1. The van der Waals surface area contributed by atoms with Crippen molar-refractivity contribution in [1.29, 1.82) is 0 Å². The van der Waals surface area contributed by atoms with E-state index in [4.69, 9.17) is 11.6 Å². The number of aromatic nitrogens is 2. The molecule has 1 atom stereocenters. The van der Waals surface area contributed by atoms with Crippen molar-refractivity contribution in [3.63, 3.8) is 0 Å². The molecule has 1 fully saturated rings. The van der Waals surface area contributed by atoms with Gasteiger partial charge in [-0.25, -0.2) is 0 Å². The van der Waals surface area contributed by atoms with Crippen LogP contribution >= 0.6 is 11.6 Å². The summed E-state index contributed by atoms with van der Waals surface area (Å²) in [6.07, 6.45) is -0.0204. The van der Waals surface area contributed by atoms with Gasteiger partial charge >= 0.3 is 10.2 Å². The van der Waals surface area contributed by atoms with E-state index in [1.807, 2.05) is 0 Å². The van der Waals surface area contributed by atoms with Crippen LogP contribution in [-0.4, -0.2) is 36.8 Å². The van der Waals surface area contributed by atoms with Crippen LogP contribution in [0.2, 0.25) is 5.15 Å². The molecule has 0 spiro atoms. The minimum absolute atomic E-state index is 0.0204. The zero-order chi connectivity index (χ0) is 13.3. The molecular weight excluding hydrogens is 285 g/mol. The molecule has 98 valence electrons. The van der Waals surface area contributed by atoms with Gasteiger partial charge in [-0.15, -0.1) is 14.1 Å². The van der Waals surface area contributed by atoms with Crippen molar-refractivity contribution in [2.24, 2.45) is 5.92 Å². The van der Waals surface area contributed by atoms with Gasteiger partial charge in [0.25, 0.3) is 0 Å². The average molecular weight is 294 g/mol. The molecule has 0 aliphatic carbocycles. The summed E-state index contributed by atoms with van der Waals surface area (Å²) in [6.45, 7) is 0.109. The third-order valence-electron chi connectivity index (χ3n) is 2.53. The van der Waals surface area contributed by atoms with Crippen LogP contribution in [0.1, 0.15) is 6.42 Å². The maximum atomic E-state index is 12.5. The lowest BCUT2D eigenvalue weighted by molar-refractivity contribution is -0.117. The lowest BCUT2D eigenvalue weighted by Gasteiger charge is -2.14. The highest BCUT2D eigenvalue weighted by molar-refractivity contribution is 7.86. The number of hydrogen-bond acceptors (Lipinski definition) is 5. The molecule has 2 heterocycles. The minimum atomic E-state index is -4.58. The largest absolute Gasteiger partial charge is 0.302 e. The number of carbonyl (C=O) groups excluding carboxylic acids is 1. The molecule has 1 aromatic heterocycles. The zero-order valence-corrected chi connectivity index (χ0v) is 10.7. The van der Waals surface area contributed by atoms with Crippen molar-refractivity contribution in [3.05, 3.63) is 17.3 Å². The van der Waals surface area contributed by atoms with E-state index >= 15 is 0 Å². The molecule has 1 unspecified atom stereocenters. The Hall–Kier alpha value is -1.28. The van der Waals surface area contributed by atoms with Gasteiger partial charge in [0.15, 0.2) is 11.0 Å². The number of amides is 1. The van der Waals surface area contributed by atoms with Crippen LogP contribution in [0.25, 0.3) is 0 Å². The Kier molecular flexibility index (Phi) is 3.49. The van der Waals surface area contributed by atoms with E-state index in [1.165, 1.54) is 17.0 Å². The van der Waals surface area contributed by atoms with Gasteiger partial charge in [0.05, 0.1) is 5.75 Å². The predicted octanol–water partition coefficient (Wildman–Crippen LogP) is 0.782. The summed E-state index contributed by atoms with van der Waals surface area (Å²) in [5.41, 5.74) is 0. The minimum Gasteiger partial charge on any atom is -0.295 e. The molecule has 6 nitrogen and oxygen atoms in total. The van der Waals surface area contributed by atoms with Crippen LogP contribution in [-0.2, 0) is 15.0 Å². The van der Waals surface area contributed by atoms with Crippen LogP contribution < -0.4 is 4.90 Å². The fourth-order valence-corrected chi connectivity index (χ4v) is 2.74. The van der Waals surface area contributed by atoms with E-state index in [2.05, 4.69) is 10.2 Å². The Morgan fingerprint density at radius 3 is 2.72 bits per heavy atom. The van der Waals surface area contributed by atoms with Crippen molar-refractivity contribution >= 4 is 33.5 Å². The van der Waals surface area contributed by atoms with Gasteiger partial charge in [0.1, 0.15) is 0 Å². The first kappa shape index (κ1) is 13.2. The lowest BCUT2D eigenvalue weighted by Crippen LogP contribution is -2.26. The maximum absolute atomic E-state index is 12.5. The number of carbonyl (C=O) groups is 1. The second-order valence-corrected chi connectivity index (χ2v) is 5.79. The smallest absolute Gasteiger partial charge is 0.295 e. The van der Waals surface area contributed by atoms with Gasteiger partial charge in [0.2, 0.25) is 5.91 Å². The normalized spacial score (nSPS) is 20.4. The highest BCUT2D eigenvalue weighted by atomic mass is 35.5. The van der Waals surface area contributed by atoms with Crippen LogP contribution in [0, 0.1) is 5.92 Å². The van der Waals surface area contributed by atoms with Gasteiger partial charge in [-0.1, -0.05) is 11.6 Å². The molecular formula is C9H9ClFN3O3S. The third-order valence-corrected chi connectivity index (χ3v) is 3.61. The second-order valence-electron chi connectivity index (χ2n) is 3.99. The number of nitrogens with zero attached hydrogens (tertiary/aromatic N) is 3. The first-order valence-corrected chi connectivity index (χ1v) is 7.00. The summed E-state index contributed by atoms with van der Waals surface area (Å²) in [7, 11) is -4.58. The van der Waals surface area contributed by atoms with E-state index in [-0.39, 0.29) is 29.8 Å².